The normalized spacial score (nSPS) is 11.7. The van der Waals surface area contributed by atoms with E-state index < -0.39 is 14.8 Å². The zero-order chi connectivity index (χ0) is 18.5. The fourth-order valence-corrected chi connectivity index (χ4v) is 4.28. The van der Waals surface area contributed by atoms with Crippen molar-refractivity contribution >= 4 is 14.8 Å². The monoisotopic (exact) mass is 370 g/mol. The topological polar surface area (TPSA) is 83.2 Å². The summed E-state index contributed by atoms with van der Waals surface area (Å²) in [6.07, 6.45) is 0.834. The molecule has 0 aromatic heterocycles. The Bertz CT molecular complexity index is 485. The van der Waals surface area contributed by atoms with Crippen LogP contribution in [-0.2, 0) is 29.4 Å². The number of ether oxygens (including phenoxy) is 1. The van der Waals surface area contributed by atoms with Crippen LogP contribution in [0.2, 0.25) is 6.04 Å². The summed E-state index contributed by atoms with van der Waals surface area (Å²) in [6, 6.07) is 10.9. The van der Waals surface area contributed by atoms with E-state index in [4.69, 9.17) is 23.7 Å². The molecule has 1 aromatic rings. The van der Waals surface area contributed by atoms with Gasteiger partial charge >= 0.3 is 14.8 Å². The molecule has 142 valence electrons. The average Bonchev–Trinajstić information content (AvgIpc) is 2.61. The average molecular weight is 371 g/mol. The SMILES string of the molecule is CO[Si](CCCN(CCN)Cc1ccccc1)(OC)OCOC(C)=O. The number of esters is 1. The molecule has 0 saturated heterocycles. The zero-order valence-corrected chi connectivity index (χ0v) is 16.4. The van der Waals surface area contributed by atoms with Gasteiger partial charge in [0.25, 0.3) is 0 Å². The second-order valence-electron chi connectivity index (χ2n) is 5.64. The first kappa shape index (κ1) is 21.7. The lowest BCUT2D eigenvalue weighted by Gasteiger charge is -2.27. The molecule has 0 unspecified atom stereocenters. The van der Waals surface area contributed by atoms with Gasteiger partial charge in [-0.3, -0.25) is 9.69 Å². The lowest BCUT2D eigenvalue weighted by molar-refractivity contribution is -0.149. The second kappa shape index (κ2) is 12.1. The van der Waals surface area contributed by atoms with Crippen LogP contribution in [0.1, 0.15) is 18.9 Å². The quantitative estimate of drug-likeness (QED) is 0.321. The predicted molar refractivity (Wildman–Crippen MR) is 97.7 cm³/mol. The van der Waals surface area contributed by atoms with Crippen molar-refractivity contribution in [2.24, 2.45) is 5.73 Å². The van der Waals surface area contributed by atoms with E-state index in [0.29, 0.717) is 12.6 Å². The van der Waals surface area contributed by atoms with E-state index in [2.05, 4.69) is 17.0 Å². The fraction of sp³-hybridized carbons (Fsp3) is 0.588. The van der Waals surface area contributed by atoms with Crippen molar-refractivity contribution < 1.29 is 22.8 Å². The number of carbonyl (C=O) groups excluding carboxylic acids is 1. The molecule has 1 rings (SSSR count). The third-order valence-corrected chi connectivity index (χ3v) is 6.58. The van der Waals surface area contributed by atoms with Gasteiger partial charge in [-0.25, -0.2) is 0 Å². The molecule has 0 aliphatic carbocycles. The summed E-state index contributed by atoms with van der Waals surface area (Å²) in [5, 5.41) is 0. The molecule has 0 atom stereocenters. The Labute approximate surface area is 151 Å². The third kappa shape index (κ3) is 8.57. The summed E-state index contributed by atoms with van der Waals surface area (Å²) >= 11 is 0. The molecule has 0 aliphatic heterocycles. The molecular weight excluding hydrogens is 340 g/mol. The van der Waals surface area contributed by atoms with E-state index in [1.165, 1.54) is 12.5 Å². The minimum absolute atomic E-state index is 0.153. The number of carbonyl (C=O) groups is 1. The first-order chi connectivity index (χ1) is 12.0. The predicted octanol–water partition coefficient (Wildman–Crippen LogP) is 1.61. The molecular formula is C17H30N2O5Si. The van der Waals surface area contributed by atoms with E-state index in [-0.39, 0.29) is 6.79 Å². The largest absolute Gasteiger partial charge is 0.502 e. The number of benzene rings is 1. The van der Waals surface area contributed by atoms with Crippen molar-refractivity contribution in [3.63, 3.8) is 0 Å². The summed E-state index contributed by atoms with van der Waals surface area (Å²) in [5.74, 6) is -0.396. The van der Waals surface area contributed by atoms with Crippen LogP contribution in [0.5, 0.6) is 0 Å². The molecule has 0 fully saturated rings. The molecule has 1 aromatic carbocycles. The molecule has 2 N–H and O–H groups in total. The van der Waals surface area contributed by atoms with Gasteiger partial charge in [-0.1, -0.05) is 30.3 Å². The smallest absolute Gasteiger partial charge is 0.440 e. The molecule has 0 aliphatic rings. The maximum Gasteiger partial charge on any atom is 0.502 e. The van der Waals surface area contributed by atoms with Gasteiger partial charge in [0.05, 0.1) is 0 Å². The van der Waals surface area contributed by atoms with Crippen LogP contribution in [0, 0.1) is 0 Å². The van der Waals surface area contributed by atoms with Crippen LogP contribution in [0.3, 0.4) is 0 Å². The molecule has 0 radical (unpaired) electrons. The van der Waals surface area contributed by atoms with Gasteiger partial charge in [0.1, 0.15) is 0 Å². The summed E-state index contributed by atoms with van der Waals surface area (Å²) in [7, 11) is 0.294. The Hall–Kier alpha value is -1.29. The highest BCUT2D eigenvalue weighted by molar-refractivity contribution is 6.60. The minimum Gasteiger partial charge on any atom is -0.440 e. The number of rotatable bonds is 13. The van der Waals surface area contributed by atoms with Crippen LogP contribution < -0.4 is 5.73 Å². The second-order valence-corrected chi connectivity index (χ2v) is 8.61. The summed E-state index contributed by atoms with van der Waals surface area (Å²) in [5.41, 5.74) is 6.99. The highest BCUT2D eigenvalue weighted by Crippen LogP contribution is 2.17. The van der Waals surface area contributed by atoms with Crippen molar-refractivity contribution in [1.29, 1.82) is 0 Å². The van der Waals surface area contributed by atoms with Gasteiger partial charge in [-0.05, 0) is 18.5 Å². The van der Waals surface area contributed by atoms with Gasteiger partial charge < -0.3 is 23.7 Å². The lowest BCUT2D eigenvalue weighted by atomic mass is 10.2. The van der Waals surface area contributed by atoms with Crippen molar-refractivity contribution in [3.05, 3.63) is 35.9 Å². The van der Waals surface area contributed by atoms with E-state index in [1.807, 2.05) is 18.2 Å². The van der Waals surface area contributed by atoms with E-state index in [1.54, 1.807) is 14.2 Å². The van der Waals surface area contributed by atoms with Crippen LogP contribution in [0.15, 0.2) is 30.3 Å². The molecule has 0 bridgehead atoms. The third-order valence-electron chi connectivity index (χ3n) is 3.81. The Morgan fingerprint density at radius 2 is 1.84 bits per heavy atom. The Balaban J connectivity index is 2.51. The van der Waals surface area contributed by atoms with Gasteiger partial charge in [0.15, 0.2) is 6.79 Å². The van der Waals surface area contributed by atoms with Gasteiger partial charge in [-0.2, -0.15) is 0 Å². The van der Waals surface area contributed by atoms with E-state index in [9.17, 15) is 4.79 Å². The summed E-state index contributed by atoms with van der Waals surface area (Å²) in [6.45, 7) is 4.30. The van der Waals surface area contributed by atoms with Crippen LogP contribution in [0.25, 0.3) is 0 Å². The maximum absolute atomic E-state index is 10.9. The first-order valence-electron chi connectivity index (χ1n) is 8.39. The highest BCUT2D eigenvalue weighted by atomic mass is 28.4. The Kier molecular flexibility index (Phi) is 10.5. The number of hydrogen-bond donors (Lipinski definition) is 1. The van der Waals surface area contributed by atoms with Crippen molar-refractivity contribution in [3.8, 4) is 0 Å². The molecule has 0 spiro atoms. The van der Waals surface area contributed by atoms with Crippen molar-refractivity contribution in [2.75, 3.05) is 40.6 Å². The molecule has 0 heterocycles. The van der Waals surface area contributed by atoms with Gasteiger partial charge in [0, 0.05) is 46.8 Å². The van der Waals surface area contributed by atoms with E-state index in [0.717, 1.165) is 26.1 Å². The van der Waals surface area contributed by atoms with Gasteiger partial charge in [0.2, 0.25) is 0 Å². The van der Waals surface area contributed by atoms with Crippen molar-refractivity contribution in [2.45, 2.75) is 25.9 Å². The fourth-order valence-electron chi connectivity index (χ4n) is 2.49. The van der Waals surface area contributed by atoms with Crippen molar-refractivity contribution in [1.82, 2.24) is 4.90 Å². The minimum atomic E-state index is -2.83. The van der Waals surface area contributed by atoms with Crippen LogP contribution in [0.4, 0.5) is 0 Å². The van der Waals surface area contributed by atoms with Crippen LogP contribution >= 0.6 is 0 Å². The van der Waals surface area contributed by atoms with Gasteiger partial charge in [-0.15, -0.1) is 0 Å². The standard InChI is InChI=1S/C17H30N2O5Si/c1-16(20)23-15-24-25(21-2,22-3)13-7-11-19(12-10-18)14-17-8-5-4-6-9-17/h4-6,8-9H,7,10-15,18H2,1-3H3. The number of hydrogen-bond acceptors (Lipinski definition) is 7. The van der Waals surface area contributed by atoms with E-state index >= 15 is 0 Å². The molecule has 7 nitrogen and oxygen atoms in total. The lowest BCUT2D eigenvalue weighted by Crippen LogP contribution is -2.45. The Morgan fingerprint density at radius 1 is 1.16 bits per heavy atom. The zero-order valence-electron chi connectivity index (χ0n) is 15.4. The molecule has 0 amide bonds. The molecule has 25 heavy (non-hydrogen) atoms. The maximum atomic E-state index is 10.9. The first-order valence-corrected chi connectivity index (χ1v) is 10.3. The number of nitrogens with zero attached hydrogens (tertiary/aromatic N) is 1. The Morgan fingerprint density at radius 3 is 2.40 bits per heavy atom. The summed E-state index contributed by atoms with van der Waals surface area (Å²) < 4.78 is 21.4. The number of nitrogens with two attached hydrogens (primary N) is 1. The molecule has 0 saturated carbocycles. The molecule has 8 heteroatoms. The highest BCUT2D eigenvalue weighted by Gasteiger charge is 2.39. The summed E-state index contributed by atoms with van der Waals surface area (Å²) in [4.78, 5) is 13.2. The van der Waals surface area contributed by atoms with Crippen LogP contribution in [-0.4, -0.2) is 60.3 Å².